The summed E-state index contributed by atoms with van der Waals surface area (Å²) in [5.74, 6) is 0.465. The number of nitrogen functional groups attached to an aromatic ring is 1. The van der Waals surface area contributed by atoms with Crippen molar-refractivity contribution in [2.45, 2.75) is 32.7 Å². The molecule has 0 aliphatic heterocycles. The SMILES string of the molecule is CCC(CC)NC(=O)COc1cccc(N)c1Br. The number of benzene rings is 1. The van der Waals surface area contributed by atoms with Crippen molar-refractivity contribution in [3.8, 4) is 5.75 Å². The number of anilines is 1. The minimum absolute atomic E-state index is 0.00144. The van der Waals surface area contributed by atoms with Crippen LogP contribution >= 0.6 is 15.9 Å². The lowest BCUT2D eigenvalue weighted by Gasteiger charge is -2.15. The van der Waals surface area contributed by atoms with E-state index >= 15 is 0 Å². The fourth-order valence-corrected chi connectivity index (χ4v) is 1.92. The number of halogens is 1. The van der Waals surface area contributed by atoms with Crippen LogP contribution in [-0.2, 0) is 4.79 Å². The maximum absolute atomic E-state index is 11.7. The van der Waals surface area contributed by atoms with Crippen LogP contribution < -0.4 is 15.8 Å². The summed E-state index contributed by atoms with van der Waals surface area (Å²) >= 11 is 3.33. The van der Waals surface area contributed by atoms with Crippen molar-refractivity contribution in [2.75, 3.05) is 12.3 Å². The molecule has 1 amide bonds. The smallest absolute Gasteiger partial charge is 0.258 e. The Morgan fingerprint density at radius 2 is 2.11 bits per heavy atom. The summed E-state index contributed by atoms with van der Waals surface area (Å²) in [4.78, 5) is 11.7. The first-order valence-electron chi connectivity index (χ1n) is 6.04. The summed E-state index contributed by atoms with van der Waals surface area (Å²) in [6.45, 7) is 4.09. The van der Waals surface area contributed by atoms with Crippen molar-refractivity contribution < 1.29 is 9.53 Å². The molecule has 0 radical (unpaired) electrons. The third-order valence-corrected chi connectivity index (χ3v) is 3.55. The number of amides is 1. The van der Waals surface area contributed by atoms with E-state index in [4.69, 9.17) is 10.5 Å². The molecule has 0 saturated heterocycles. The highest BCUT2D eigenvalue weighted by Crippen LogP contribution is 2.30. The molecule has 5 heteroatoms. The molecule has 1 aromatic carbocycles. The highest BCUT2D eigenvalue weighted by Gasteiger charge is 2.10. The number of carbonyl (C=O) groups is 1. The first kappa shape index (κ1) is 14.8. The van der Waals surface area contributed by atoms with Crippen LogP contribution in [0.3, 0.4) is 0 Å². The molecule has 0 aliphatic rings. The molecule has 0 unspecified atom stereocenters. The Bertz CT molecular complexity index is 406. The highest BCUT2D eigenvalue weighted by molar-refractivity contribution is 9.10. The maximum Gasteiger partial charge on any atom is 0.258 e. The molecule has 0 spiro atoms. The summed E-state index contributed by atoms with van der Waals surface area (Å²) in [6, 6.07) is 5.53. The van der Waals surface area contributed by atoms with Gasteiger partial charge in [0, 0.05) is 11.7 Å². The molecule has 1 aromatic rings. The van der Waals surface area contributed by atoms with E-state index in [0.29, 0.717) is 15.9 Å². The van der Waals surface area contributed by atoms with Gasteiger partial charge in [0.2, 0.25) is 0 Å². The molecule has 0 bridgehead atoms. The van der Waals surface area contributed by atoms with Gasteiger partial charge in [-0.2, -0.15) is 0 Å². The molecular weight excluding hydrogens is 296 g/mol. The van der Waals surface area contributed by atoms with Gasteiger partial charge in [0.15, 0.2) is 6.61 Å². The number of ether oxygens (including phenoxy) is 1. The highest BCUT2D eigenvalue weighted by atomic mass is 79.9. The molecule has 0 fully saturated rings. The Morgan fingerprint density at radius 3 is 2.72 bits per heavy atom. The van der Waals surface area contributed by atoms with Gasteiger partial charge in [-0.1, -0.05) is 19.9 Å². The largest absolute Gasteiger partial charge is 0.483 e. The van der Waals surface area contributed by atoms with Crippen LogP contribution in [0.4, 0.5) is 5.69 Å². The van der Waals surface area contributed by atoms with Gasteiger partial charge in [-0.15, -0.1) is 0 Å². The predicted octanol–water partition coefficient (Wildman–Crippen LogP) is 2.71. The van der Waals surface area contributed by atoms with Crippen molar-refractivity contribution in [3.63, 3.8) is 0 Å². The van der Waals surface area contributed by atoms with Crippen molar-refractivity contribution in [2.24, 2.45) is 0 Å². The van der Waals surface area contributed by atoms with Crippen molar-refractivity contribution in [3.05, 3.63) is 22.7 Å². The van der Waals surface area contributed by atoms with E-state index in [0.717, 1.165) is 12.8 Å². The Balaban J connectivity index is 2.50. The Morgan fingerprint density at radius 1 is 1.44 bits per heavy atom. The monoisotopic (exact) mass is 314 g/mol. The lowest BCUT2D eigenvalue weighted by Crippen LogP contribution is -2.37. The molecule has 1 rings (SSSR count). The minimum atomic E-state index is -0.113. The van der Waals surface area contributed by atoms with Crippen LogP contribution in [-0.4, -0.2) is 18.6 Å². The quantitative estimate of drug-likeness (QED) is 0.793. The van der Waals surface area contributed by atoms with E-state index in [1.54, 1.807) is 18.2 Å². The Labute approximate surface area is 116 Å². The topological polar surface area (TPSA) is 64.3 Å². The standard InChI is InChI=1S/C13H19BrN2O2/c1-3-9(4-2)16-12(17)8-18-11-7-5-6-10(15)13(11)14/h5-7,9H,3-4,8,15H2,1-2H3,(H,16,17). The molecule has 18 heavy (non-hydrogen) atoms. The summed E-state index contributed by atoms with van der Waals surface area (Å²) in [5.41, 5.74) is 6.31. The summed E-state index contributed by atoms with van der Waals surface area (Å²) in [7, 11) is 0. The normalized spacial score (nSPS) is 10.4. The summed E-state index contributed by atoms with van der Waals surface area (Å²) < 4.78 is 6.11. The Kier molecular flexibility index (Phi) is 5.98. The number of carbonyl (C=O) groups excluding carboxylic acids is 1. The second kappa shape index (κ2) is 7.26. The maximum atomic E-state index is 11.7. The van der Waals surface area contributed by atoms with Gasteiger partial charge in [0.1, 0.15) is 5.75 Å². The first-order chi connectivity index (χ1) is 8.58. The van der Waals surface area contributed by atoms with E-state index < -0.39 is 0 Å². The van der Waals surface area contributed by atoms with Gasteiger partial charge in [-0.3, -0.25) is 4.79 Å². The molecule has 0 aromatic heterocycles. The molecule has 0 heterocycles. The first-order valence-corrected chi connectivity index (χ1v) is 6.83. The number of rotatable bonds is 6. The molecule has 100 valence electrons. The fraction of sp³-hybridized carbons (Fsp3) is 0.462. The minimum Gasteiger partial charge on any atom is -0.483 e. The second-order valence-electron chi connectivity index (χ2n) is 4.03. The molecule has 0 saturated carbocycles. The molecule has 3 N–H and O–H groups in total. The third kappa shape index (κ3) is 4.22. The summed E-state index contributed by atoms with van der Waals surface area (Å²) in [5, 5.41) is 2.91. The van der Waals surface area contributed by atoms with Crippen molar-refractivity contribution in [1.29, 1.82) is 0 Å². The number of hydrogen-bond donors (Lipinski definition) is 2. The van der Waals surface area contributed by atoms with E-state index in [-0.39, 0.29) is 18.6 Å². The third-order valence-electron chi connectivity index (χ3n) is 2.70. The average molecular weight is 315 g/mol. The lowest BCUT2D eigenvalue weighted by atomic mass is 10.2. The van der Waals surface area contributed by atoms with Crippen molar-refractivity contribution >= 4 is 27.5 Å². The Hall–Kier alpha value is -1.23. The summed E-state index contributed by atoms with van der Waals surface area (Å²) in [6.07, 6.45) is 1.84. The zero-order valence-electron chi connectivity index (χ0n) is 10.7. The molecule has 4 nitrogen and oxygen atoms in total. The fourth-order valence-electron chi connectivity index (χ4n) is 1.54. The van der Waals surface area contributed by atoms with E-state index in [9.17, 15) is 4.79 Å². The predicted molar refractivity (Wildman–Crippen MR) is 76.6 cm³/mol. The number of nitrogens with one attached hydrogen (secondary N) is 1. The zero-order chi connectivity index (χ0) is 13.5. The second-order valence-corrected chi connectivity index (χ2v) is 4.82. The van der Waals surface area contributed by atoms with Crippen LogP contribution in [0.2, 0.25) is 0 Å². The molecular formula is C13H19BrN2O2. The van der Waals surface area contributed by atoms with Crippen LogP contribution in [0, 0.1) is 0 Å². The van der Waals surface area contributed by atoms with Gasteiger partial charge < -0.3 is 15.8 Å². The van der Waals surface area contributed by atoms with Crippen LogP contribution in [0.25, 0.3) is 0 Å². The van der Waals surface area contributed by atoms with Gasteiger partial charge in [-0.05, 0) is 40.9 Å². The van der Waals surface area contributed by atoms with Gasteiger partial charge >= 0.3 is 0 Å². The van der Waals surface area contributed by atoms with Crippen LogP contribution in [0.5, 0.6) is 5.75 Å². The van der Waals surface area contributed by atoms with E-state index in [1.165, 1.54) is 0 Å². The van der Waals surface area contributed by atoms with Gasteiger partial charge in [-0.25, -0.2) is 0 Å². The average Bonchev–Trinajstić information content (AvgIpc) is 2.37. The van der Waals surface area contributed by atoms with Gasteiger partial charge in [0.25, 0.3) is 5.91 Å². The van der Waals surface area contributed by atoms with E-state index in [1.807, 2.05) is 13.8 Å². The lowest BCUT2D eigenvalue weighted by molar-refractivity contribution is -0.123. The number of nitrogens with two attached hydrogens (primary N) is 1. The molecule has 0 atom stereocenters. The number of hydrogen-bond acceptors (Lipinski definition) is 3. The van der Waals surface area contributed by atoms with Crippen molar-refractivity contribution in [1.82, 2.24) is 5.32 Å². The molecule has 0 aliphatic carbocycles. The van der Waals surface area contributed by atoms with Crippen LogP contribution in [0.15, 0.2) is 22.7 Å². The van der Waals surface area contributed by atoms with Gasteiger partial charge in [0.05, 0.1) is 4.47 Å². The zero-order valence-corrected chi connectivity index (χ0v) is 12.3. The van der Waals surface area contributed by atoms with Crippen LogP contribution in [0.1, 0.15) is 26.7 Å². The van der Waals surface area contributed by atoms with E-state index in [2.05, 4.69) is 21.2 Å².